The summed E-state index contributed by atoms with van der Waals surface area (Å²) in [5.74, 6) is 1.76. The van der Waals surface area contributed by atoms with Crippen LogP contribution in [0.15, 0.2) is 4.99 Å². The van der Waals surface area contributed by atoms with Crippen LogP contribution in [0.25, 0.3) is 0 Å². The van der Waals surface area contributed by atoms with Crippen molar-refractivity contribution >= 4 is 22.8 Å². The molecule has 0 aromatic carbocycles. The van der Waals surface area contributed by atoms with Gasteiger partial charge in [-0.05, 0) is 51.4 Å². The Labute approximate surface area is 130 Å². The van der Waals surface area contributed by atoms with E-state index in [2.05, 4.69) is 24.2 Å². The molecule has 2 aliphatic carbocycles. The molecule has 1 spiro atoms. The number of amidine groups is 1. The predicted molar refractivity (Wildman–Crippen MR) is 84.4 cm³/mol. The van der Waals surface area contributed by atoms with Crippen LogP contribution in [-0.2, 0) is 9.53 Å². The Balaban J connectivity index is 1.45. The van der Waals surface area contributed by atoms with Gasteiger partial charge in [-0.25, -0.2) is 0 Å². The Morgan fingerprint density at radius 3 is 2.86 bits per heavy atom. The van der Waals surface area contributed by atoms with Gasteiger partial charge in [-0.3, -0.25) is 4.79 Å². The van der Waals surface area contributed by atoms with Gasteiger partial charge in [0.1, 0.15) is 4.75 Å². The number of thioether (sulfide) groups is 1. The molecular formula is C16H24N2O2S. The summed E-state index contributed by atoms with van der Waals surface area (Å²) in [6, 6.07) is 0.547. The molecule has 2 bridgehead atoms. The van der Waals surface area contributed by atoms with E-state index < -0.39 is 0 Å². The maximum atomic E-state index is 12.5. The van der Waals surface area contributed by atoms with Crippen LogP contribution in [-0.4, -0.2) is 34.1 Å². The monoisotopic (exact) mass is 308 g/mol. The summed E-state index contributed by atoms with van der Waals surface area (Å²) in [4.78, 5) is 16.8. The highest BCUT2D eigenvalue weighted by Crippen LogP contribution is 2.48. The molecule has 4 nitrogen and oxygen atoms in total. The van der Waals surface area contributed by atoms with Crippen LogP contribution in [0.3, 0.4) is 0 Å². The van der Waals surface area contributed by atoms with Gasteiger partial charge in [0.2, 0.25) is 0 Å². The van der Waals surface area contributed by atoms with E-state index in [1.807, 2.05) is 0 Å². The molecule has 4 atom stereocenters. The second kappa shape index (κ2) is 4.72. The molecule has 1 saturated heterocycles. The molecule has 2 aliphatic heterocycles. The first-order chi connectivity index (χ1) is 9.96. The fourth-order valence-electron chi connectivity index (χ4n) is 4.68. The number of carbonyl (C=O) groups excluding carboxylic acids is 1. The summed E-state index contributed by atoms with van der Waals surface area (Å²) in [6.45, 7) is 4.80. The molecule has 1 N–H and O–H groups in total. The van der Waals surface area contributed by atoms with Crippen molar-refractivity contribution < 1.29 is 9.53 Å². The lowest BCUT2D eigenvalue weighted by molar-refractivity contribution is -0.128. The first-order valence-electron chi connectivity index (χ1n) is 8.18. The van der Waals surface area contributed by atoms with E-state index in [4.69, 9.17) is 4.74 Å². The van der Waals surface area contributed by atoms with E-state index in [1.54, 1.807) is 11.8 Å². The number of hydrogen-bond donors (Lipinski definition) is 1. The van der Waals surface area contributed by atoms with Crippen LogP contribution >= 0.6 is 11.8 Å². The summed E-state index contributed by atoms with van der Waals surface area (Å²) in [5.41, 5.74) is -0.224. The van der Waals surface area contributed by atoms with E-state index in [9.17, 15) is 4.79 Å². The molecule has 21 heavy (non-hydrogen) atoms. The highest BCUT2D eigenvalue weighted by molar-refractivity contribution is 8.16. The minimum absolute atomic E-state index is 0.0505. The first kappa shape index (κ1) is 14.1. The lowest BCUT2D eigenvalue weighted by atomic mass is 9.87. The zero-order valence-corrected chi connectivity index (χ0v) is 13.7. The zero-order chi connectivity index (χ0) is 14.7. The molecule has 0 radical (unpaired) electrons. The highest BCUT2D eigenvalue weighted by Gasteiger charge is 2.52. The molecule has 0 aromatic heterocycles. The highest BCUT2D eigenvalue weighted by atomic mass is 32.2. The lowest BCUT2D eigenvalue weighted by Gasteiger charge is -2.40. The summed E-state index contributed by atoms with van der Waals surface area (Å²) in [5, 5.41) is 4.46. The van der Waals surface area contributed by atoms with Gasteiger partial charge >= 0.3 is 0 Å². The van der Waals surface area contributed by atoms with Crippen molar-refractivity contribution in [3.8, 4) is 0 Å². The average Bonchev–Trinajstić information content (AvgIpc) is 3.05. The number of hydrogen-bond acceptors (Lipinski definition) is 4. The van der Waals surface area contributed by atoms with Gasteiger partial charge in [-0.15, -0.1) is 0 Å². The van der Waals surface area contributed by atoms with Gasteiger partial charge in [0.15, 0.2) is 5.17 Å². The molecule has 4 aliphatic rings. The molecule has 2 saturated carbocycles. The molecule has 3 fully saturated rings. The smallest absolute Gasteiger partial charge is 0.264 e. The molecule has 2 unspecified atom stereocenters. The lowest BCUT2D eigenvalue weighted by Crippen LogP contribution is -2.47. The Morgan fingerprint density at radius 1 is 1.33 bits per heavy atom. The second-order valence-corrected chi connectivity index (χ2v) is 9.15. The third kappa shape index (κ3) is 2.42. The van der Waals surface area contributed by atoms with E-state index in [0.717, 1.165) is 29.8 Å². The van der Waals surface area contributed by atoms with Gasteiger partial charge < -0.3 is 10.1 Å². The molecule has 0 aromatic rings. The van der Waals surface area contributed by atoms with Crippen LogP contribution in [0.1, 0.15) is 52.4 Å². The van der Waals surface area contributed by atoms with Crippen LogP contribution in [0.2, 0.25) is 0 Å². The summed E-state index contributed by atoms with van der Waals surface area (Å²) < 4.78 is 5.40. The third-order valence-corrected chi connectivity index (χ3v) is 6.96. The Bertz CT molecular complexity index is 505. The van der Waals surface area contributed by atoms with Crippen molar-refractivity contribution in [3.63, 3.8) is 0 Å². The number of ether oxygens (including phenoxy) is 1. The van der Waals surface area contributed by atoms with Crippen molar-refractivity contribution in [2.45, 2.75) is 68.8 Å². The molecule has 5 heteroatoms. The Hall–Kier alpha value is -0.550. The molecular weight excluding hydrogens is 284 g/mol. The SMILES string of the molecule is CC1(C)CC2(CCO1)SC(N[C@H]1C[C@@H]3CCC1C3)=NC2=O. The van der Waals surface area contributed by atoms with Gasteiger partial charge in [-0.1, -0.05) is 18.2 Å². The van der Waals surface area contributed by atoms with Crippen molar-refractivity contribution in [2.75, 3.05) is 6.61 Å². The van der Waals surface area contributed by atoms with Crippen molar-refractivity contribution in [1.82, 2.24) is 5.32 Å². The van der Waals surface area contributed by atoms with Crippen LogP contribution in [0.5, 0.6) is 0 Å². The van der Waals surface area contributed by atoms with Crippen molar-refractivity contribution in [1.29, 1.82) is 0 Å². The van der Waals surface area contributed by atoms with Crippen LogP contribution < -0.4 is 5.32 Å². The van der Waals surface area contributed by atoms with Gasteiger partial charge in [0, 0.05) is 19.1 Å². The summed E-state index contributed by atoms with van der Waals surface area (Å²) in [7, 11) is 0. The van der Waals surface area contributed by atoms with E-state index in [1.165, 1.54) is 25.7 Å². The zero-order valence-electron chi connectivity index (χ0n) is 12.9. The molecule has 4 rings (SSSR count). The Morgan fingerprint density at radius 2 is 2.19 bits per heavy atom. The average molecular weight is 308 g/mol. The predicted octanol–water partition coefficient (Wildman–Crippen LogP) is 2.72. The first-order valence-corrected chi connectivity index (χ1v) is 9.00. The number of aliphatic imine (C=N–C) groups is 1. The van der Waals surface area contributed by atoms with E-state index >= 15 is 0 Å². The van der Waals surface area contributed by atoms with Crippen molar-refractivity contribution in [3.05, 3.63) is 0 Å². The maximum Gasteiger partial charge on any atom is 0.264 e. The van der Waals surface area contributed by atoms with E-state index in [-0.39, 0.29) is 16.3 Å². The van der Waals surface area contributed by atoms with Crippen LogP contribution in [0, 0.1) is 11.8 Å². The summed E-state index contributed by atoms with van der Waals surface area (Å²) >= 11 is 1.67. The standard InChI is InChI=1S/C16H24N2O2S/c1-15(2)9-16(5-6-20-15)13(19)18-14(21-16)17-12-8-10-3-4-11(12)7-10/h10-12H,3-9H2,1-2H3,(H,17,18,19)/t10-,11?,12+,16?/m1/s1. The normalized spacial score (nSPS) is 44.4. The van der Waals surface area contributed by atoms with Gasteiger partial charge in [-0.2, -0.15) is 4.99 Å². The fourth-order valence-corrected chi connectivity index (χ4v) is 6.12. The quantitative estimate of drug-likeness (QED) is 0.809. The largest absolute Gasteiger partial charge is 0.375 e. The molecule has 2 heterocycles. The van der Waals surface area contributed by atoms with Crippen molar-refractivity contribution in [2.24, 2.45) is 16.8 Å². The minimum Gasteiger partial charge on any atom is -0.375 e. The number of nitrogens with zero attached hydrogens (tertiary/aromatic N) is 1. The molecule has 116 valence electrons. The number of carbonyl (C=O) groups is 1. The number of amides is 1. The fraction of sp³-hybridized carbons (Fsp3) is 0.875. The number of fused-ring (bicyclic) bond motifs is 2. The number of nitrogens with one attached hydrogen (secondary N) is 1. The van der Waals surface area contributed by atoms with E-state index in [0.29, 0.717) is 12.6 Å². The summed E-state index contributed by atoms with van der Waals surface area (Å²) in [6.07, 6.45) is 6.92. The van der Waals surface area contributed by atoms with Crippen LogP contribution in [0.4, 0.5) is 0 Å². The Kier molecular flexibility index (Phi) is 3.16. The molecule has 1 amide bonds. The second-order valence-electron chi connectivity index (χ2n) is 7.78. The topological polar surface area (TPSA) is 50.7 Å². The maximum absolute atomic E-state index is 12.5. The van der Waals surface area contributed by atoms with Gasteiger partial charge in [0.05, 0.1) is 5.60 Å². The minimum atomic E-state index is -0.373. The van der Waals surface area contributed by atoms with Gasteiger partial charge in [0.25, 0.3) is 5.91 Å². The third-order valence-electron chi connectivity index (χ3n) is 5.64. The number of rotatable bonds is 1.